The first-order valence-corrected chi connectivity index (χ1v) is 9.35. The van der Waals surface area contributed by atoms with E-state index in [4.69, 9.17) is 14.2 Å². The van der Waals surface area contributed by atoms with Crippen LogP contribution in [0.1, 0.15) is 24.1 Å². The third kappa shape index (κ3) is 6.12. The van der Waals surface area contributed by atoms with Gasteiger partial charge in [0.25, 0.3) is 5.88 Å². The highest BCUT2D eigenvalue weighted by atomic mass is 16.5. The highest BCUT2D eigenvalue weighted by Gasteiger charge is 2.20. The van der Waals surface area contributed by atoms with Crippen molar-refractivity contribution in [2.24, 2.45) is 13.0 Å². The van der Waals surface area contributed by atoms with E-state index in [1.165, 1.54) is 20.0 Å². The topological polar surface area (TPSA) is 99.5 Å². The number of carbonyl (C=O) groups excluding carboxylic acids is 1. The van der Waals surface area contributed by atoms with Crippen molar-refractivity contribution in [1.82, 2.24) is 20.1 Å². The molecule has 2 amide bonds. The van der Waals surface area contributed by atoms with Crippen LogP contribution in [0.15, 0.2) is 18.3 Å². The number of rotatable bonds is 8. The van der Waals surface area contributed by atoms with Crippen molar-refractivity contribution in [3.05, 3.63) is 29.6 Å². The Bertz CT molecular complexity index is 911. The number of nitrogens with zero attached hydrogens (tertiary/aromatic N) is 3. The number of pyridine rings is 1. The molecule has 0 atom stereocenters. The van der Waals surface area contributed by atoms with E-state index in [9.17, 15) is 4.79 Å². The first kappa shape index (κ1) is 20.5. The molecular weight excluding hydrogens is 374 g/mol. The van der Waals surface area contributed by atoms with Crippen LogP contribution in [-0.4, -0.2) is 54.8 Å². The van der Waals surface area contributed by atoms with Crippen LogP contribution in [-0.2, 0) is 11.8 Å². The molecule has 3 rings (SSSR count). The van der Waals surface area contributed by atoms with Gasteiger partial charge in [0.1, 0.15) is 5.69 Å². The lowest BCUT2D eigenvalue weighted by Crippen LogP contribution is -2.31. The van der Waals surface area contributed by atoms with Crippen molar-refractivity contribution >= 4 is 11.8 Å². The van der Waals surface area contributed by atoms with Gasteiger partial charge in [-0.25, -0.2) is 9.78 Å². The van der Waals surface area contributed by atoms with E-state index in [2.05, 4.69) is 32.6 Å². The number of aryl methyl sites for hydroxylation is 1. The summed E-state index contributed by atoms with van der Waals surface area (Å²) in [5.41, 5.74) is 1.31. The largest absolute Gasteiger partial charge is 0.491 e. The molecule has 1 aliphatic rings. The average molecular weight is 399 g/mol. The zero-order valence-corrected chi connectivity index (χ0v) is 16.8. The van der Waals surface area contributed by atoms with Crippen LogP contribution in [0.4, 0.5) is 10.6 Å². The highest BCUT2D eigenvalue weighted by Crippen LogP contribution is 2.28. The first-order valence-electron chi connectivity index (χ1n) is 9.35. The van der Waals surface area contributed by atoms with Crippen LogP contribution in [0.25, 0.3) is 0 Å². The lowest BCUT2D eigenvalue weighted by Gasteiger charge is -2.06. The quantitative estimate of drug-likeness (QED) is 0.519. The minimum Gasteiger partial charge on any atom is -0.491 e. The Morgan fingerprint density at radius 1 is 1.28 bits per heavy atom. The van der Waals surface area contributed by atoms with Crippen molar-refractivity contribution in [2.75, 3.05) is 39.3 Å². The lowest BCUT2D eigenvalue weighted by molar-refractivity contribution is 0.127. The maximum Gasteiger partial charge on any atom is 0.320 e. The van der Waals surface area contributed by atoms with Crippen LogP contribution in [0, 0.1) is 17.8 Å². The summed E-state index contributed by atoms with van der Waals surface area (Å²) in [6.45, 7) is 1.73. The smallest absolute Gasteiger partial charge is 0.320 e. The van der Waals surface area contributed by atoms with Crippen LogP contribution >= 0.6 is 0 Å². The molecule has 2 aromatic heterocycles. The van der Waals surface area contributed by atoms with Crippen molar-refractivity contribution < 1.29 is 19.0 Å². The van der Waals surface area contributed by atoms with Gasteiger partial charge < -0.3 is 19.5 Å². The van der Waals surface area contributed by atoms with Crippen LogP contribution in [0.3, 0.4) is 0 Å². The van der Waals surface area contributed by atoms with Gasteiger partial charge in [0, 0.05) is 44.1 Å². The molecule has 1 saturated carbocycles. The first-order chi connectivity index (χ1) is 14.1. The molecule has 1 fully saturated rings. The Morgan fingerprint density at radius 3 is 2.83 bits per heavy atom. The minimum atomic E-state index is -0.332. The maximum absolute atomic E-state index is 12.0. The Balaban J connectivity index is 1.53. The maximum atomic E-state index is 12.0. The van der Waals surface area contributed by atoms with E-state index in [1.807, 2.05) is 0 Å². The second-order valence-corrected chi connectivity index (χ2v) is 6.62. The summed E-state index contributed by atoms with van der Waals surface area (Å²) in [7, 11) is 4.82. The molecule has 0 aliphatic heterocycles. The molecule has 0 bridgehead atoms. The molecule has 154 valence electrons. The summed E-state index contributed by atoms with van der Waals surface area (Å²) < 4.78 is 17.4. The third-order valence-corrected chi connectivity index (χ3v) is 4.27. The van der Waals surface area contributed by atoms with Crippen LogP contribution in [0.2, 0.25) is 0 Å². The molecule has 2 aromatic rings. The van der Waals surface area contributed by atoms with Crippen LogP contribution in [0.5, 0.6) is 11.6 Å². The van der Waals surface area contributed by atoms with Gasteiger partial charge in [-0.3, -0.25) is 10.00 Å². The van der Waals surface area contributed by atoms with Gasteiger partial charge in [-0.1, -0.05) is 5.92 Å². The third-order valence-electron chi connectivity index (χ3n) is 4.27. The second kappa shape index (κ2) is 9.80. The molecule has 9 nitrogen and oxygen atoms in total. The van der Waals surface area contributed by atoms with Gasteiger partial charge in [0.2, 0.25) is 0 Å². The highest BCUT2D eigenvalue weighted by molar-refractivity contribution is 5.88. The molecule has 0 saturated heterocycles. The Morgan fingerprint density at radius 2 is 2.10 bits per heavy atom. The molecule has 1 aliphatic carbocycles. The van der Waals surface area contributed by atoms with Gasteiger partial charge >= 0.3 is 6.03 Å². The lowest BCUT2D eigenvalue weighted by atomic mass is 10.2. The van der Waals surface area contributed by atoms with Gasteiger partial charge in [0.05, 0.1) is 20.8 Å². The van der Waals surface area contributed by atoms with E-state index < -0.39 is 0 Å². The number of urea groups is 1. The number of amides is 2. The van der Waals surface area contributed by atoms with Gasteiger partial charge in [-0.2, -0.15) is 5.10 Å². The van der Waals surface area contributed by atoms with Gasteiger partial charge in [-0.15, -0.1) is 0 Å². The number of carbonyl (C=O) groups is 1. The average Bonchev–Trinajstić information content (AvgIpc) is 3.48. The van der Waals surface area contributed by atoms with E-state index in [0.717, 1.165) is 6.61 Å². The molecule has 2 heterocycles. The van der Waals surface area contributed by atoms with E-state index >= 15 is 0 Å². The van der Waals surface area contributed by atoms with Gasteiger partial charge in [0.15, 0.2) is 11.6 Å². The number of nitrogens with one attached hydrogen (secondary N) is 2. The fraction of sp³-hybridized carbons (Fsp3) is 0.450. The normalized spacial score (nSPS) is 12.7. The molecule has 0 unspecified atom stereocenters. The predicted molar refractivity (Wildman–Crippen MR) is 107 cm³/mol. The standard InChI is InChI=1S/C20H25N5O4/c1-25-16(7-6-15-10-17(27-2)19(28-3)22-12-15)11-18(24-25)23-20(26)21-8-9-29-13-14-4-5-14/h10-12,14H,4-5,8-9,13H2,1-3H3,(H2,21,23,24,26). The number of ether oxygens (including phenoxy) is 3. The summed E-state index contributed by atoms with van der Waals surface area (Å²) in [5.74, 6) is 8.04. The number of hydrogen-bond donors (Lipinski definition) is 2. The molecule has 2 N–H and O–H groups in total. The summed E-state index contributed by atoms with van der Waals surface area (Å²) in [6.07, 6.45) is 4.10. The fourth-order valence-corrected chi connectivity index (χ4v) is 2.51. The van der Waals surface area contributed by atoms with Gasteiger partial charge in [-0.05, 0) is 24.7 Å². The Kier molecular flexibility index (Phi) is 6.92. The molecular formula is C20H25N5O4. The summed E-state index contributed by atoms with van der Waals surface area (Å²) in [4.78, 5) is 16.1. The van der Waals surface area contributed by atoms with Crippen molar-refractivity contribution in [3.63, 3.8) is 0 Å². The number of aromatic nitrogens is 3. The van der Waals surface area contributed by atoms with Crippen molar-refractivity contribution in [1.29, 1.82) is 0 Å². The second-order valence-electron chi connectivity index (χ2n) is 6.62. The number of anilines is 1. The number of methoxy groups -OCH3 is 2. The summed E-state index contributed by atoms with van der Waals surface area (Å²) >= 11 is 0. The molecule has 0 radical (unpaired) electrons. The molecule has 9 heteroatoms. The monoisotopic (exact) mass is 399 g/mol. The zero-order valence-electron chi connectivity index (χ0n) is 16.8. The fourth-order valence-electron chi connectivity index (χ4n) is 2.51. The summed E-state index contributed by atoms with van der Waals surface area (Å²) in [6, 6.07) is 3.11. The molecule has 0 aromatic carbocycles. The minimum absolute atomic E-state index is 0.332. The zero-order chi connectivity index (χ0) is 20.6. The molecule has 29 heavy (non-hydrogen) atoms. The van der Waals surface area contributed by atoms with Crippen molar-refractivity contribution in [3.8, 4) is 23.5 Å². The number of hydrogen-bond acceptors (Lipinski definition) is 6. The predicted octanol–water partition coefficient (Wildman–Crippen LogP) is 1.78. The summed E-state index contributed by atoms with van der Waals surface area (Å²) in [5, 5.41) is 9.68. The van der Waals surface area contributed by atoms with Crippen LogP contribution < -0.4 is 20.1 Å². The SMILES string of the molecule is COc1cc(C#Cc2cc(NC(=O)NCCOCC3CC3)nn2C)cnc1OC. The van der Waals surface area contributed by atoms with E-state index in [0.29, 0.717) is 47.8 Å². The van der Waals surface area contributed by atoms with Crippen molar-refractivity contribution in [2.45, 2.75) is 12.8 Å². The molecule has 0 spiro atoms. The van der Waals surface area contributed by atoms with E-state index in [-0.39, 0.29) is 6.03 Å². The Hall–Kier alpha value is -3.25. The Labute approximate surface area is 169 Å². The van der Waals surface area contributed by atoms with E-state index in [1.54, 1.807) is 37.2 Å².